The first-order valence-corrected chi connectivity index (χ1v) is 10.6. The smallest absolute Gasteiger partial charge is 0.123 e. The molecule has 2 aromatic rings. The lowest BCUT2D eigenvalue weighted by molar-refractivity contribution is -0.132. The van der Waals surface area contributed by atoms with Gasteiger partial charge in [-0.1, -0.05) is 55.5 Å². The third kappa shape index (κ3) is 3.33. The number of piperidine rings is 2. The minimum atomic E-state index is -0.431. The summed E-state index contributed by atoms with van der Waals surface area (Å²) in [5, 5.41) is 11.5. The van der Waals surface area contributed by atoms with Gasteiger partial charge in [-0.15, -0.1) is 11.8 Å². The minimum absolute atomic E-state index is 0.179. The molecule has 2 saturated heterocycles. The minimum Gasteiger partial charge on any atom is -0.377 e. The van der Waals surface area contributed by atoms with Gasteiger partial charge >= 0.3 is 0 Å². The number of nitrogens with zero attached hydrogens (tertiary/aromatic N) is 1. The Bertz CT molecular complexity index is 722. The Kier molecular flexibility index (Phi) is 5.13. The van der Waals surface area contributed by atoms with Crippen molar-refractivity contribution in [1.82, 2.24) is 4.90 Å². The topological polar surface area (TPSA) is 23.5 Å². The summed E-state index contributed by atoms with van der Waals surface area (Å²) in [5.41, 5.74) is 1.34. The van der Waals surface area contributed by atoms with Crippen LogP contribution in [0.3, 0.4) is 0 Å². The van der Waals surface area contributed by atoms with Gasteiger partial charge in [-0.25, -0.2) is 0 Å². The lowest BCUT2D eigenvalue weighted by Crippen LogP contribution is -2.61. The van der Waals surface area contributed by atoms with E-state index in [1.165, 1.54) is 16.9 Å². The average Bonchev–Trinajstić information content (AvgIpc) is 2.67. The fourth-order valence-electron chi connectivity index (χ4n) is 4.83. The third-order valence-corrected chi connectivity index (χ3v) is 7.73. The Labute approximate surface area is 161 Å². The summed E-state index contributed by atoms with van der Waals surface area (Å²) in [7, 11) is 0. The van der Waals surface area contributed by atoms with Crippen LogP contribution in [0.1, 0.15) is 51.1 Å². The molecule has 4 rings (SSSR count). The molecule has 2 aliphatic heterocycles. The molecule has 0 aliphatic carbocycles. The van der Waals surface area contributed by atoms with Crippen molar-refractivity contribution in [3.63, 3.8) is 0 Å². The van der Waals surface area contributed by atoms with Gasteiger partial charge in [0.1, 0.15) is 6.23 Å². The number of aliphatic hydroxyl groups is 1. The molecule has 2 aliphatic rings. The summed E-state index contributed by atoms with van der Waals surface area (Å²) < 4.78 is -0.179. The van der Waals surface area contributed by atoms with Crippen LogP contribution >= 0.6 is 11.8 Å². The zero-order chi connectivity index (χ0) is 18.1. The Balaban J connectivity index is 1.64. The molecule has 5 atom stereocenters. The number of rotatable bonds is 3. The van der Waals surface area contributed by atoms with Crippen LogP contribution in [0.2, 0.25) is 0 Å². The maximum Gasteiger partial charge on any atom is 0.123 e. The van der Waals surface area contributed by atoms with Gasteiger partial charge in [-0.3, -0.25) is 4.90 Å². The maximum absolute atomic E-state index is 11.5. The predicted octanol–water partition coefficient (Wildman–Crippen LogP) is 5.49. The van der Waals surface area contributed by atoms with Crippen molar-refractivity contribution >= 4 is 11.8 Å². The lowest BCUT2D eigenvalue weighted by atomic mass is 9.77. The van der Waals surface area contributed by atoms with Gasteiger partial charge in [0.25, 0.3) is 0 Å². The maximum atomic E-state index is 11.5. The Morgan fingerprint density at radius 1 is 0.962 bits per heavy atom. The predicted molar refractivity (Wildman–Crippen MR) is 109 cm³/mol. The molecule has 0 bridgehead atoms. The number of aliphatic hydroxyl groups excluding tert-OH is 1. The van der Waals surface area contributed by atoms with Crippen LogP contribution in [0, 0.1) is 5.92 Å². The molecule has 0 saturated carbocycles. The van der Waals surface area contributed by atoms with Crippen molar-refractivity contribution in [1.29, 1.82) is 0 Å². The number of fused-ring (bicyclic) bond motifs is 1. The molecule has 0 amide bonds. The van der Waals surface area contributed by atoms with Gasteiger partial charge in [0, 0.05) is 17.0 Å². The van der Waals surface area contributed by atoms with E-state index in [4.69, 9.17) is 0 Å². The van der Waals surface area contributed by atoms with Crippen LogP contribution in [0.25, 0.3) is 0 Å². The summed E-state index contributed by atoms with van der Waals surface area (Å²) in [6, 6.07) is 22.1. The molecule has 138 valence electrons. The highest BCUT2D eigenvalue weighted by atomic mass is 32.2. The largest absolute Gasteiger partial charge is 0.377 e. The normalized spacial score (nSPS) is 35.0. The number of benzene rings is 2. The molecule has 2 aromatic carbocycles. The number of hydrogen-bond acceptors (Lipinski definition) is 3. The Morgan fingerprint density at radius 3 is 2.31 bits per heavy atom. The first-order valence-electron chi connectivity index (χ1n) is 9.83. The lowest BCUT2D eigenvalue weighted by Gasteiger charge is -2.56. The summed E-state index contributed by atoms with van der Waals surface area (Å²) in [6.07, 6.45) is 4.17. The third-order valence-electron chi connectivity index (χ3n) is 6.34. The Hall–Kier alpha value is -1.29. The molecule has 2 nitrogen and oxygen atoms in total. The van der Waals surface area contributed by atoms with Crippen LogP contribution in [0.15, 0.2) is 65.6 Å². The highest BCUT2D eigenvalue weighted by Gasteiger charge is 2.50. The van der Waals surface area contributed by atoms with E-state index in [9.17, 15) is 5.11 Å². The molecular weight excluding hydrogens is 338 g/mol. The summed E-state index contributed by atoms with van der Waals surface area (Å²) in [6.45, 7) is 4.60. The van der Waals surface area contributed by atoms with Crippen molar-refractivity contribution in [3.05, 3.63) is 66.2 Å². The number of hydrogen-bond donors (Lipinski definition) is 1. The summed E-state index contributed by atoms with van der Waals surface area (Å²) in [5.74, 6) is 0.649. The van der Waals surface area contributed by atoms with Crippen LogP contribution in [-0.4, -0.2) is 27.0 Å². The van der Waals surface area contributed by atoms with Crippen molar-refractivity contribution in [3.8, 4) is 0 Å². The molecule has 2 heterocycles. The zero-order valence-corrected chi connectivity index (χ0v) is 16.5. The molecule has 26 heavy (non-hydrogen) atoms. The zero-order valence-electron chi connectivity index (χ0n) is 15.7. The monoisotopic (exact) mass is 367 g/mol. The quantitative estimate of drug-likeness (QED) is 0.776. The van der Waals surface area contributed by atoms with Gasteiger partial charge in [-0.2, -0.15) is 0 Å². The Morgan fingerprint density at radius 2 is 1.62 bits per heavy atom. The summed E-state index contributed by atoms with van der Waals surface area (Å²) in [4.78, 5) is 3.69. The van der Waals surface area contributed by atoms with E-state index in [0.29, 0.717) is 18.0 Å². The van der Waals surface area contributed by atoms with Crippen LogP contribution in [0.4, 0.5) is 0 Å². The first kappa shape index (κ1) is 18.1. The van der Waals surface area contributed by atoms with Crippen molar-refractivity contribution in [2.24, 2.45) is 5.92 Å². The van der Waals surface area contributed by atoms with Crippen LogP contribution in [0.5, 0.6) is 0 Å². The molecule has 3 heteroatoms. The molecule has 0 spiro atoms. The molecule has 0 radical (unpaired) electrons. The first-order chi connectivity index (χ1) is 12.6. The van der Waals surface area contributed by atoms with E-state index >= 15 is 0 Å². The van der Waals surface area contributed by atoms with E-state index in [2.05, 4.69) is 79.4 Å². The van der Waals surface area contributed by atoms with Gasteiger partial charge < -0.3 is 5.11 Å². The molecular formula is C23H29NOS. The van der Waals surface area contributed by atoms with Crippen LogP contribution < -0.4 is 0 Å². The molecule has 0 unspecified atom stereocenters. The number of thioether (sulfide) groups is 1. The van der Waals surface area contributed by atoms with Crippen molar-refractivity contribution in [2.45, 2.75) is 67.5 Å². The van der Waals surface area contributed by atoms with Gasteiger partial charge in [0.05, 0.1) is 4.75 Å². The highest BCUT2D eigenvalue weighted by Crippen LogP contribution is 2.51. The van der Waals surface area contributed by atoms with Gasteiger partial charge in [-0.05, 0) is 56.2 Å². The fraction of sp³-hybridized carbons (Fsp3) is 0.478. The fourth-order valence-corrected chi connectivity index (χ4v) is 6.11. The average molecular weight is 368 g/mol. The molecule has 2 fully saturated rings. The highest BCUT2D eigenvalue weighted by molar-refractivity contribution is 8.00. The second-order valence-corrected chi connectivity index (χ2v) is 9.74. The van der Waals surface area contributed by atoms with E-state index in [0.717, 1.165) is 19.3 Å². The molecule has 0 aromatic heterocycles. The van der Waals surface area contributed by atoms with E-state index in [1.54, 1.807) is 0 Å². The van der Waals surface area contributed by atoms with E-state index < -0.39 is 6.23 Å². The van der Waals surface area contributed by atoms with Crippen molar-refractivity contribution in [2.75, 3.05) is 0 Å². The molecule has 1 N–H and O–H groups in total. The standard InChI is InChI=1S/C23H29NOS/c1-17-13-14-21(18-9-5-3-6-10-18)24-20(17)15-16-23(2,22(24)25)26-19-11-7-4-8-12-19/h3-12,17,20-22,25H,13-16H2,1-2H3/t17-,20+,21+,22-,23-/m0/s1. The van der Waals surface area contributed by atoms with E-state index in [-0.39, 0.29) is 4.75 Å². The van der Waals surface area contributed by atoms with E-state index in [1.807, 2.05) is 11.8 Å². The van der Waals surface area contributed by atoms with Crippen molar-refractivity contribution < 1.29 is 5.11 Å². The van der Waals surface area contributed by atoms with Crippen LogP contribution in [-0.2, 0) is 0 Å². The van der Waals surface area contributed by atoms with Gasteiger partial charge in [0.15, 0.2) is 0 Å². The second-order valence-electron chi connectivity index (χ2n) is 8.14. The second kappa shape index (κ2) is 7.38. The summed E-state index contributed by atoms with van der Waals surface area (Å²) >= 11 is 1.84. The van der Waals surface area contributed by atoms with Gasteiger partial charge in [0.2, 0.25) is 0 Å². The SMILES string of the molecule is C[C@H]1CC[C@H](c2ccccc2)N2[C@@H]1CC[C@](C)(Sc1ccccc1)[C@@H]2O.